The Bertz CT molecular complexity index is 607. The summed E-state index contributed by atoms with van der Waals surface area (Å²) in [6.45, 7) is 8.58. The summed E-state index contributed by atoms with van der Waals surface area (Å²) in [6, 6.07) is 0. The van der Waals surface area contributed by atoms with Crippen LogP contribution in [0.1, 0.15) is 79.1 Å². The van der Waals surface area contributed by atoms with Crippen LogP contribution < -0.4 is 0 Å². The van der Waals surface area contributed by atoms with Crippen molar-refractivity contribution in [3.63, 3.8) is 0 Å². The number of rotatable bonds is 1. The molecular formula is C23H36O3. The molecule has 0 heterocycles. The first-order valence-corrected chi connectivity index (χ1v) is 10.6. The molecule has 0 aliphatic heterocycles. The number of fused-ring (bicyclic) bond motifs is 5. The van der Waals surface area contributed by atoms with E-state index in [0.717, 1.165) is 43.4 Å². The lowest BCUT2D eigenvalue weighted by molar-refractivity contribution is -0.128. The number of aliphatic hydroxyl groups is 1. The third-order valence-corrected chi connectivity index (χ3v) is 8.45. The van der Waals surface area contributed by atoms with Crippen molar-refractivity contribution in [2.45, 2.75) is 79.1 Å². The predicted octanol–water partition coefficient (Wildman–Crippen LogP) is 4.72. The summed E-state index contributed by atoms with van der Waals surface area (Å²) in [7, 11) is 0. The normalized spacial score (nSPS) is 44.0. The molecule has 4 aliphatic carbocycles. The molecule has 3 fully saturated rings. The van der Waals surface area contributed by atoms with E-state index in [1.165, 1.54) is 31.3 Å². The standard InChI is InChI=1S/C21H30O2.C2H6O/c1-13(22)17-6-7-18-16-5-4-14-12-15(23)8-10-20(14,2)19(16)9-11-21(17,18)3;1-2-3/h12,16-19H,4-11H2,1-3H3;3H,2H2,1H3/t16-,17+,18-,19-,20-,21+;/m0./s1. The summed E-state index contributed by atoms with van der Waals surface area (Å²) in [5.74, 6) is 3.29. The van der Waals surface area contributed by atoms with Gasteiger partial charge in [-0.2, -0.15) is 0 Å². The van der Waals surface area contributed by atoms with Crippen LogP contribution in [-0.2, 0) is 9.59 Å². The third-order valence-electron chi connectivity index (χ3n) is 8.45. The molecule has 0 unspecified atom stereocenters. The molecule has 0 aromatic carbocycles. The number of allylic oxidation sites excluding steroid dienone is 1. The fourth-order valence-electron chi connectivity index (χ4n) is 7.23. The van der Waals surface area contributed by atoms with Crippen molar-refractivity contribution >= 4 is 11.6 Å². The Balaban J connectivity index is 0.000000613. The van der Waals surface area contributed by atoms with E-state index < -0.39 is 0 Å². The Labute approximate surface area is 158 Å². The van der Waals surface area contributed by atoms with Crippen LogP contribution in [0.2, 0.25) is 0 Å². The number of carbonyl (C=O) groups excluding carboxylic acids is 2. The summed E-state index contributed by atoms with van der Waals surface area (Å²) in [5.41, 5.74) is 1.95. The summed E-state index contributed by atoms with van der Waals surface area (Å²) in [6.07, 6.45) is 10.9. The van der Waals surface area contributed by atoms with Gasteiger partial charge in [-0.3, -0.25) is 9.59 Å². The number of hydrogen-bond donors (Lipinski definition) is 1. The minimum atomic E-state index is 0.245. The summed E-state index contributed by atoms with van der Waals surface area (Å²) >= 11 is 0. The van der Waals surface area contributed by atoms with Gasteiger partial charge < -0.3 is 5.11 Å². The lowest BCUT2D eigenvalue weighted by Crippen LogP contribution is -2.51. The quantitative estimate of drug-likeness (QED) is 0.736. The number of aliphatic hydroxyl groups excluding tert-OH is 1. The molecule has 4 aliphatic rings. The van der Waals surface area contributed by atoms with E-state index in [0.29, 0.717) is 17.5 Å². The van der Waals surface area contributed by atoms with E-state index >= 15 is 0 Å². The molecule has 26 heavy (non-hydrogen) atoms. The Hall–Kier alpha value is -0.960. The second-order valence-corrected chi connectivity index (χ2v) is 9.57. The Morgan fingerprint density at radius 3 is 2.46 bits per heavy atom. The molecule has 0 spiro atoms. The van der Waals surface area contributed by atoms with Gasteiger partial charge in [-0.15, -0.1) is 0 Å². The monoisotopic (exact) mass is 360 g/mol. The summed E-state index contributed by atoms with van der Waals surface area (Å²) in [5, 5.41) is 7.57. The van der Waals surface area contributed by atoms with Crippen molar-refractivity contribution in [2.24, 2.45) is 34.5 Å². The van der Waals surface area contributed by atoms with E-state index in [1.54, 1.807) is 13.8 Å². The van der Waals surface area contributed by atoms with Crippen LogP contribution in [0.3, 0.4) is 0 Å². The van der Waals surface area contributed by atoms with Crippen molar-refractivity contribution in [1.29, 1.82) is 0 Å². The molecule has 3 heteroatoms. The van der Waals surface area contributed by atoms with Gasteiger partial charge in [0.15, 0.2) is 5.78 Å². The zero-order chi connectivity index (χ0) is 19.1. The van der Waals surface area contributed by atoms with Crippen molar-refractivity contribution < 1.29 is 14.7 Å². The molecule has 0 saturated heterocycles. The molecule has 0 bridgehead atoms. The molecule has 0 radical (unpaired) electrons. The fraction of sp³-hybridized carbons (Fsp3) is 0.826. The number of ketones is 2. The lowest BCUT2D eigenvalue weighted by Gasteiger charge is -2.58. The molecule has 3 nitrogen and oxygen atoms in total. The molecule has 146 valence electrons. The van der Waals surface area contributed by atoms with Crippen molar-refractivity contribution in [3.05, 3.63) is 11.6 Å². The number of Topliss-reactive ketones (excluding diaryl/α,β-unsaturated/α-hetero) is 1. The Morgan fingerprint density at radius 1 is 1.12 bits per heavy atom. The summed E-state index contributed by atoms with van der Waals surface area (Å²) in [4.78, 5) is 24.0. The Kier molecular flexibility index (Phi) is 5.50. The van der Waals surface area contributed by atoms with Gasteiger partial charge in [0.25, 0.3) is 0 Å². The molecule has 1 N–H and O–H groups in total. The van der Waals surface area contributed by atoms with E-state index in [4.69, 9.17) is 5.11 Å². The molecule has 4 rings (SSSR count). The topological polar surface area (TPSA) is 54.4 Å². The highest BCUT2D eigenvalue weighted by atomic mass is 16.2. The molecule has 0 amide bonds. The maximum atomic E-state index is 12.1. The van der Waals surface area contributed by atoms with Crippen molar-refractivity contribution in [3.8, 4) is 0 Å². The van der Waals surface area contributed by atoms with Gasteiger partial charge in [0, 0.05) is 18.9 Å². The summed E-state index contributed by atoms with van der Waals surface area (Å²) < 4.78 is 0. The Morgan fingerprint density at radius 2 is 1.81 bits per heavy atom. The second kappa shape index (κ2) is 7.22. The lowest BCUT2D eigenvalue weighted by atomic mass is 9.47. The minimum Gasteiger partial charge on any atom is -0.397 e. The van der Waals surface area contributed by atoms with Gasteiger partial charge in [0.2, 0.25) is 0 Å². The van der Waals surface area contributed by atoms with Crippen LogP contribution in [0, 0.1) is 34.5 Å². The molecule has 0 aromatic rings. The maximum absolute atomic E-state index is 12.1. The van der Waals surface area contributed by atoms with Gasteiger partial charge in [0.05, 0.1) is 0 Å². The number of carbonyl (C=O) groups is 2. The van der Waals surface area contributed by atoms with Gasteiger partial charge in [-0.05, 0) is 93.5 Å². The minimum absolute atomic E-state index is 0.245. The van der Waals surface area contributed by atoms with Crippen LogP contribution in [0.15, 0.2) is 11.6 Å². The fourth-order valence-corrected chi connectivity index (χ4v) is 7.23. The van der Waals surface area contributed by atoms with Gasteiger partial charge >= 0.3 is 0 Å². The highest BCUT2D eigenvalue weighted by molar-refractivity contribution is 5.91. The van der Waals surface area contributed by atoms with E-state index in [9.17, 15) is 9.59 Å². The smallest absolute Gasteiger partial charge is 0.155 e. The van der Waals surface area contributed by atoms with E-state index in [-0.39, 0.29) is 17.4 Å². The second-order valence-electron chi connectivity index (χ2n) is 9.57. The molecule has 6 atom stereocenters. The van der Waals surface area contributed by atoms with Crippen molar-refractivity contribution in [1.82, 2.24) is 0 Å². The van der Waals surface area contributed by atoms with Crippen LogP contribution in [0.5, 0.6) is 0 Å². The first kappa shape index (κ1) is 19.8. The van der Waals surface area contributed by atoms with E-state index in [1.807, 2.05) is 6.08 Å². The van der Waals surface area contributed by atoms with Gasteiger partial charge in [-0.25, -0.2) is 0 Å². The zero-order valence-corrected chi connectivity index (χ0v) is 17.0. The van der Waals surface area contributed by atoms with Crippen LogP contribution in [-0.4, -0.2) is 23.3 Å². The highest BCUT2D eigenvalue weighted by Crippen LogP contribution is 2.66. The molecule has 3 saturated carbocycles. The highest BCUT2D eigenvalue weighted by Gasteiger charge is 2.59. The van der Waals surface area contributed by atoms with Gasteiger partial charge in [-0.1, -0.05) is 19.4 Å². The largest absolute Gasteiger partial charge is 0.397 e. The van der Waals surface area contributed by atoms with E-state index in [2.05, 4.69) is 13.8 Å². The zero-order valence-electron chi connectivity index (χ0n) is 17.0. The predicted molar refractivity (Wildman–Crippen MR) is 104 cm³/mol. The van der Waals surface area contributed by atoms with Gasteiger partial charge in [0.1, 0.15) is 5.78 Å². The maximum Gasteiger partial charge on any atom is 0.155 e. The van der Waals surface area contributed by atoms with Crippen LogP contribution >= 0.6 is 0 Å². The van der Waals surface area contributed by atoms with Crippen LogP contribution in [0.25, 0.3) is 0 Å². The van der Waals surface area contributed by atoms with Crippen molar-refractivity contribution in [2.75, 3.05) is 6.61 Å². The molecule has 0 aromatic heterocycles. The third kappa shape index (κ3) is 3.00. The first-order valence-electron chi connectivity index (χ1n) is 10.6. The molecular weight excluding hydrogens is 324 g/mol. The average Bonchev–Trinajstić information content (AvgIpc) is 2.93. The first-order chi connectivity index (χ1) is 12.3. The number of hydrogen-bond acceptors (Lipinski definition) is 3. The SMILES string of the molecule is CC(=O)[C@H]1CC[C@H]2[C@@H]3CCC4=CC(=O)CC[C@]4(C)[C@H]3CC[C@]12C.CCO. The average molecular weight is 361 g/mol. The van der Waals surface area contributed by atoms with Crippen LogP contribution in [0.4, 0.5) is 0 Å².